The highest BCUT2D eigenvalue weighted by Crippen LogP contribution is 2.46. The molecule has 1 aliphatic rings. The van der Waals surface area contributed by atoms with E-state index in [4.69, 9.17) is 4.74 Å². The van der Waals surface area contributed by atoms with Gasteiger partial charge in [-0.1, -0.05) is 13.8 Å². The number of halogens is 1. The van der Waals surface area contributed by atoms with Crippen molar-refractivity contribution in [2.75, 3.05) is 33.9 Å². The number of rotatable bonds is 4. The Balaban J connectivity index is 0.00000289. The lowest BCUT2D eigenvalue weighted by Gasteiger charge is -2.62. The van der Waals surface area contributed by atoms with Gasteiger partial charge in [0.2, 0.25) is 0 Å². The van der Waals surface area contributed by atoms with Gasteiger partial charge in [-0.3, -0.25) is 4.99 Å². The van der Waals surface area contributed by atoms with Crippen molar-refractivity contribution in [3.8, 4) is 0 Å². The van der Waals surface area contributed by atoms with Crippen LogP contribution < -0.4 is 5.32 Å². The Labute approximate surface area is 129 Å². The van der Waals surface area contributed by atoms with Crippen molar-refractivity contribution in [1.82, 2.24) is 10.2 Å². The van der Waals surface area contributed by atoms with Crippen LogP contribution in [0.4, 0.5) is 0 Å². The van der Waals surface area contributed by atoms with Gasteiger partial charge in [0.1, 0.15) is 0 Å². The molecule has 5 heteroatoms. The van der Waals surface area contributed by atoms with E-state index >= 15 is 0 Å². The molecule has 0 aliphatic carbocycles. The fraction of sp³-hybridized carbons (Fsp3) is 0.923. The maximum absolute atomic E-state index is 5.04. The van der Waals surface area contributed by atoms with E-state index in [0.717, 1.165) is 32.1 Å². The first-order chi connectivity index (χ1) is 7.86. The van der Waals surface area contributed by atoms with Crippen LogP contribution in [0.15, 0.2) is 4.99 Å². The predicted molar refractivity (Wildman–Crippen MR) is 87.8 cm³/mol. The van der Waals surface area contributed by atoms with Crippen LogP contribution in [-0.4, -0.2) is 50.3 Å². The van der Waals surface area contributed by atoms with E-state index in [9.17, 15) is 0 Å². The summed E-state index contributed by atoms with van der Waals surface area (Å²) in [7, 11) is 3.58. The van der Waals surface area contributed by atoms with Gasteiger partial charge in [-0.05, 0) is 20.3 Å². The second-order valence-corrected chi connectivity index (χ2v) is 5.85. The fourth-order valence-electron chi connectivity index (χ4n) is 2.11. The smallest absolute Gasteiger partial charge is 0.194 e. The summed E-state index contributed by atoms with van der Waals surface area (Å²) in [4.78, 5) is 6.71. The number of methoxy groups -OCH3 is 1. The maximum Gasteiger partial charge on any atom is 0.194 e. The number of likely N-dealkylation sites (tertiary alicyclic amines) is 1. The molecule has 0 aromatic heterocycles. The number of aliphatic imine (C=N–C) groups is 1. The maximum atomic E-state index is 5.04. The molecule has 1 aliphatic heterocycles. The molecule has 0 bridgehead atoms. The van der Waals surface area contributed by atoms with E-state index in [2.05, 4.69) is 42.9 Å². The monoisotopic (exact) mass is 369 g/mol. The molecule has 0 spiro atoms. The summed E-state index contributed by atoms with van der Waals surface area (Å²) >= 11 is 0. The molecule has 0 aromatic rings. The van der Waals surface area contributed by atoms with Crippen LogP contribution in [-0.2, 0) is 4.74 Å². The van der Waals surface area contributed by atoms with Crippen molar-refractivity contribution in [2.24, 2.45) is 10.4 Å². The predicted octanol–water partition coefficient (Wildman–Crippen LogP) is 2.34. The number of nitrogens with one attached hydrogen (secondary N) is 1. The van der Waals surface area contributed by atoms with E-state index in [1.165, 1.54) is 0 Å². The summed E-state index contributed by atoms with van der Waals surface area (Å²) in [5, 5.41) is 3.40. The van der Waals surface area contributed by atoms with Crippen molar-refractivity contribution in [3.63, 3.8) is 0 Å². The minimum Gasteiger partial charge on any atom is -0.385 e. The molecule has 0 amide bonds. The number of ether oxygens (including phenoxy) is 1. The average molecular weight is 369 g/mol. The molecular formula is C13H28IN3O. The van der Waals surface area contributed by atoms with Crippen molar-refractivity contribution < 1.29 is 4.74 Å². The van der Waals surface area contributed by atoms with Gasteiger partial charge in [-0.25, -0.2) is 0 Å². The first kappa shape index (κ1) is 18.0. The zero-order chi connectivity index (χ0) is 13.1. The standard InChI is InChI=1S/C13H27N3O.HI/c1-12(2)10-16(13(12,3)4)11(14-5)15-8-7-9-17-6;/h7-10H2,1-6H3,(H,14,15);1H. The van der Waals surface area contributed by atoms with Gasteiger partial charge in [-0.2, -0.15) is 0 Å². The minimum absolute atomic E-state index is 0. The molecule has 1 heterocycles. The van der Waals surface area contributed by atoms with E-state index in [1.54, 1.807) is 7.11 Å². The van der Waals surface area contributed by atoms with Crippen LogP contribution in [0.3, 0.4) is 0 Å². The zero-order valence-electron chi connectivity index (χ0n) is 12.5. The topological polar surface area (TPSA) is 36.9 Å². The molecule has 0 aromatic carbocycles. The van der Waals surface area contributed by atoms with Crippen LogP contribution in [0.25, 0.3) is 0 Å². The highest BCUT2D eigenvalue weighted by Gasteiger charge is 2.53. The molecule has 0 unspecified atom stereocenters. The molecule has 108 valence electrons. The molecule has 1 saturated heterocycles. The summed E-state index contributed by atoms with van der Waals surface area (Å²) < 4.78 is 5.04. The SMILES string of the molecule is CN=C(NCCCOC)N1CC(C)(C)C1(C)C.I. The second-order valence-electron chi connectivity index (χ2n) is 5.85. The van der Waals surface area contributed by atoms with E-state index in [0.29, 0.717) is 5.41 Å². The van der Waals surface area contributed by atoms with Crippen molar-refractivity contribution >= 4 is 29.9 Å². The zero-order valence-corrected chi connectivity index (χ0v) is 14.9. The highest BCUT2D eigenvalue weighted by atomic mass is 127. The Kier molecular flexibility index (Phi) is 6.92. The van der Waals surface area contributed by atoms with Crippen LogP contribution in [0.2, 0.25) is 0 Å². The van der Waals surface area contributed by atoms with Gasteiger partial charge >= 0.3 is 0 Å². The van der Waals surface area contributed by atoms with Gasteiger partial charge in [0.05, 0.1) is 0 Å². The largest absolute Gasteiger partial charge is 0.385 e. The van der Waals surface area contributed by atoms with Gasteiger partial charge in [0.15, 0.2) is 5.96 Å². The van der Waals surface area contributed by atoms with Gasteiger partial charge in [-0.15, -0.1) is 24.0 Å². The van der Waals surface area contributed by atoms with Crippen molar-refractivity contribution in [1.29, 1.82) is 0 Å². The summed E-state index contributed by atoms with van der Waals surface area (Å²) in [6, 6.07) is 0. The van der Waals surface area contributed by atoms with E-state index < -0.39 is 0 Å². The molecular weight excluding hydrogens is 341 g/mol. The van der Waals surface area contributed by atoms with Crippen LogP contribution >= 0.6 is 24.0 Å². The van der Waals surface area contributed by atoms with Crippen molar-refractivity contribution in [2.45, 2.75) is 39.7 Å². The molecule has 1 N–H and O–H groups in total. The van der Waals surface area contributed by atoms with Gasteiger partial charge in [0, 0.05) is 44.8 Å². The lowest BCUT2D eigenvalue weighted by Crippen LogP contribution is -2.72. The Bertz CT molecular complexity index is 290. The Morgan fingerprint density at radius 2 is 1.94 bits per heavy atom. The molecule has 1 rings (SSSR count). The molecule has 18 heavy (non-hydrogen) atoms. The van der Waals surface area contributed by atoms with Gasteiger partial charge < -0.3 is 15.0 Å². The highest BCUT2D eigenvalue weighted by molar-refractivity contribution is 14.0. The summed E-state index contributed by atoms with van der Waals surface area (Å²) in [5.74, 6) is 1.01. The van der Waals surface area contributed by atoms with E-state index in [1.807, 2.05) is 7.05 Å². The Morgan fingerprint density at radius 3 is 2.33 bits per heavy atom. The molecule has 0 saturated carbocycles. The fourth-order valence-corrected chi connectivity index (χ4v) is 2.11. The minimum atomic E-state index is 0. The quantitative estimate of drug-likeness (QED) is 0.358. The second kappa shape index (κ2) is 6.93. The lowest BCUT2D eigenvalue weighted by molar-refractivity contribution is -0.0667. The molecule has 1 fully saturated rings. The average Bonchev–Trinajstić information content (AvgIpc) is 2.27. The number of hydrogen-bond donors (Lipinski definition) is 1. The normalized spacial score (nSPS) is 21.0. The summed E-state index contributed by atoms with van der Waals surface area (Å²) in [6.07, 6.45) is 1.01. The first-order valence-corrected chi connectivity index (χ1v) is 6.34. The summed E-state index contributed by atoms with van der Waals surface area (Å²) in [5.41, 5.74) is 0.507. The number of guanidine groups is 1. The van der Waals surface area contributed by atoms with Crippen LogP contribution in [0.1, 0.15) is 34.1 Å². The Morgan fingerprint density at radius 1 is 1.33 bits per heavy atom. The third-order valence-corrected chi connectivity index (χ3v) is 4.16. The molecule has 0 atom stereocenters. The van der Waals surface area contributed by atoms with Gasteiger partial charge in [0.25, 0.3) is 0 Å². The summed E-state index contributed by atoms with van der Waals surface area (Å²) in [6.45, 7) is 11.9. The Hall–Kier alpha value is -0.0400. The van der Waals surface area contributed by atoms with Crippen LogP contribution in [0, 0.1) is 5.41 Å². The number of nitrogens with zero attached hydrogens (tertiary/aromatic N) is 2. The molecule has 0 radical (unpaired) electrons. The molecule has 4 nitrogen and oxygen atoms in total. The number of hydrogen-bond acceptors (Lipinski definition) is 2. The third-order valence-electron chi connectivity index (χ3n) is 4.16. The first-order valence-electron chi connectivity index (χ1n) is 6.34. The van der Waals surface area contributed by atoms with Crippen molar-refractivity contribution in [3.05, 3.63) is 0 Å². The van der Waals surface area contributed by atoms with Crippen LogP contribution in [0.5, 0.6) is 0 Å². The van der Waals surface area contributed by atoms with E-state index in [-0.39, 0.29) is 29.5 Å². The third kappa shape index (κ3) is 3.50. The lowest BCUT2D eigenvalue weighted by atomic mass is 9.65.